The first kappa shape index (κ1) is 20.2. The van der Waals surface area contributed by atoms with Gasteiger partial charge in [-0.2, -0.15) is 18.3 Å². The fraction of sp³-hybridized carbons (Fsp3) is 0.174. The molecule has 0 aliphatic carbocycles. The molecule has 3 heterocycles. The first-order chi connectivity index (χ1) is 15.2. The van der Waals surface area contributed by atoms with E-state index in [0.29, 0.717) is 11.2 Å². The van der Waals surface area contributed by atoms with Gasteiger partial charge < -0.3 is 0 Å². The minimum atomic E-state index is -4.78. The van der Waals surface area contributed by atoms with E-state index in [9.17, 15) is 13.2 Å². The van der Waals surface area contributed by atoms with Gasteiger partial charge in [0.25, 0.3) is 0 Å². The van der Waals surface area contributed by atoms with Gasteiger partial charge >= 0.3 is 6.18 Å². The number of benzene rings is 2. The summed E-state index contributed by atoms with van der Waals surface area (Å²) in [6.07, 6.45) is -0.804. The van der Waals surface area contributed by atoms with Crippen LogP contribution in [-0.2, 0) is 6.18 Å². The summed E-state index contributed by atoms with van der Waals surface area (Å²) >= 11 is 0. The summed E-state index contributed by atoms with van der Waals surface area (Å²) in [4.78, 5) is 8.05. The Morgan fingerprint density at radius 1 is 1.06 bits per heavy atom. The Bertz CT molecular complexity index is 1460. The Morgan fingerprint density at radius 2 is 1.88 bits per heavy atom. The molecule has 0 amide bonds. The molecule has 2 aromatic carbocycles. The summed E-state index contributed by atoms with van der Waals surface area (Å²) in [6, 6.07) is 10.4. The van der Waals surface area contributed by atoms with E-state index >= 15 is 4.39 Å². The number of halogens is 4. The maximum atomic E-state index is 15.2. The number of alkyl halides is 3. The van der Waals surface area contributed by atoms with Crippen LogP contribution in [0.15, 0.2) is 55.0 Å². The maximum Gasteiger partial charge on any atom is 0.435 e. The van der Waals surface area contributed by atoms with Crippen molar-refractivity contribution in [3.63, 3.8) is 0 Å². The molecule has 0 saturated heterocycles. The van der Waals surface area contributed by atoms with Crippen LogP contribution < -0.4 is 0 Å². The standard InChI is InChI=1S/C23H17F4N5/c1-12(2)13-4-3-5-14(8-13)18-11-32-19(10-28-18)30-22(23(25,26)27)21(32)15-6-7-17-16(20(15)24)9-29-31-17/h3-12H,1-2H3,(H,29,31). The number of H-pyrrole nitrogens is 1. The molecule has 0 atom stereocenters. The summed E-state index contributed by atoms with van der Waals surface area (Å²) in [5.41, 5.74) is 0.874. The number of nitrogens with zero attached hydrogens (tertiary/aromatic N) is 4. The van der Waals surface area contributed by atoms with E-state index in [1.807, 2.05) is 38.1 Å². The monoisotopic (exact) mass is 439 g/mol. The van der Waals surface area contributed by atoms with Gasteiger partial charge in [-0.1, -0.05) is 32.0 Å². The average molecular weight is 439 g/mol. The predicted octanol–water partition coefficient (Wildman–Crippen LogP) is 6.22. The molecule has 0 unspecified atom stereocenters. The van der Waals surface area contributed by atoms with Gasteiger partial charge in [0.15, 0.2) is 11.3 Å². The molecule has 0 aliphatic heterocycles. The fourth-order valence-electron chi connectivity index (χ4n) is 3.78. The highest BCUT2D eigenvalue weighted by Crippen LogP contribution is 2.39. The lowest BCUT2D eigenvalue weighted by molar-refractivity contribution is -0.140. The zero-order valence-electron chi connectivity index (χ0n) is 17.1. The second-order valence-corrected chi connectivity index (χ2v) is 7.85. The first-order valence-electron chi connectivity index (χ1n) is 9.91. The highest BCUT2D eigenvalue weighted by Gasteiger charge is 2.39. The van der Waals surface area contributed by atoms with Crippen LogP contribution in [0.25, 0.3) is 39.1 Å². The Kier molecular flexibility index (Phi) is 4.51. The molecule has 0 radical (unpaired) electrons. The molecule has 5 aromatic rings. The van der Waals surface area contributed by atoms with E-state index in [1.54, 1.807) is 0 Å². The third-order valence-electron chi connectivity index (χ3n) is 5.44. The third kappa shape index (κ3) is 3.21. The molecule has 162 valence electrons. The van der Waals surface area contributed by atoms with Crippen LogP contribution in [0.1, 0.15) is 31.0 Å². The molecule has 3 aromatic heterocycles. The summed E-state index contributed by atoms with van der Waals surface area (Å²) < 4.78 is 58.1. The van der Waals surface area contributed by atoms with Gasteiger partial charge in [-0.3, -0.25) is 14.5 Å². The second kappa shape index (κ2) is 7.15. The fourth-order valence-corrected chi connectivity index (χ4v) is 3.78. The smallest absolute Gasteiger partial charge is 0.295 e. The van der Waals surface area contributed by atoms with E-state index in [4.69, 9.17) is 0 Å². The Balaban J connectivity index is 1.79. The van der Waals surface area contributed by atoms with Crippen molar-refractivity contribution in [2.45, 2.75) is 25.9 Å². The maximum absolute atomic E-state index is 15.2. The van der Waals surface area contributed by atoms with Crippen molar-refractivity contribution in [1.29, 1.82) is 0 Å². The van der Waals surface area contributed by atoms with Crippen molar-refractivity contribution >= 4 is 16.6 Å². The molecule has 5 nitrogen and oxygen atoms in total. The van der Waals surface area contributed by atoms with Crippen molar-refractivity contribution < 1.29 is 17.6 Å². The van der Waals surface area contributed by atoms with Gasteiger partial charge in [0.2, 0.25) is 0 Å². The van der Waals surface area contributed by atoms with Crippen LogP contribution in [0.3, 0.4) is 0 Å². The van der Waals surface area contributed by atoms with Crippen molar-refractivity contribution in [2.75, 3.05) is 0 Å². The molecule has 0 spiro atoms. The first-order valence-corrected chi connectivity index (χ1v) is 9.91. The largest absolute Gasteiger partial charge is 0.435 e. The molecular weight excluding hydrogens is 422 g/mol. The van der Waals surface area contributed by atoms with Gasteiger partial charge in [0.05, 0.1) is 34.7 Å². The second-order valence-electron chi connectivity index (χ2n) is 7.85. The number of aromatic nitrogens is 5. The van der Waals surface area contributed by atoms with Gasteiger partial charge in [-0.15, -0.1) is 0 Å². The molecule has 0 aliphatic rings. The molecule has 32 heavy (non-hydrogen) atoms. The summed E-state index contributed by atoms with van der Waals surface area (Å²) in [6.45, 7) is 4.10. The molecule has 0 saturated carbocycles. The quantitative estimate of drug-likeness (QED) is 0.340. The SMILES string of the molecule is CC(C)c1cccc(-c2cn3c(-c4ccc5[nH]ncc5c4F)c(C(F)(F)F)nc3cn2)c1. The Labute approximate surface area is 179 Å². The average Bonchev–Trinajstić information content (AvgIpc) is 3.39. The molecular formula is C23H17F4N5. The number of nitrogens with one attached hydrogen (secondary N) is 1. The normalized spacial score (nSPS) is 12.3. The van der Waals surface area contributed by atoms with Crippen molar-refractivity contribution in [1.82, 2.24) is 24.6 Å². The van der Waals surface area contributed by atoms with Crippen LogP contribution in [-0.4, -0.2) is 24.6 Å². The minimum absolute atomic E-state index is 0.0252. The summed E-state index contributed by atoms with van der Waals surface area (Å²) in [5, 5.41) is 6.49. The lowest BCUT2D eigenvalue weighted by Crippen LogP contribution is -2.08. The molecule has 9 heteroatoms. The molecule has 1 N–H and O–H groups in total. The molecule has 0 fully saturated rings. The van der Waals surface area contributed by atoms with Crippen LogP contribution in [0.5, 0.6) is 0 Å². The van der Waals surface area contributed by atoms with Crippen LogP contribution >= 0.6 is 0 Å². The zero-order chi connectivity index (χ0) is 22.6. The molecule has 5 rings (SSSR count). The highest BCUT2D eigenvalue weighted by molar-refractivity contribution is 5.85. The lowest BCUT2D eigenvalue weighted by atomic mass is 10.00. The van der Waals surface area contributed by atoms with Crippen LogP contribution in [0, 0.1) is 5.82 Å². The van der Waals surface area contributed by atoms with Crippen molar-refractivity contribution in [3.8, 4) is 22.5 Å². The van der Waals surface area contributed by atoms with E-state index in [-0.39, 0.29) is 28.2 Å². The predicted molar refractivity (Wildman–Crippen MR) is 113 cm³/mol. The number of imidazole rings is 1. The number of fused-ring (bicyclic) bond motifs is 2. The van der Waals surface area contributed by atoms with Crippen molar-refractivity contribution in [3.05, 3.63) is 72.1 Å². The van der Waals surface area contributed by atoms with Crippen LogP contribution in [0.2, 0.25) is 0 Å². The summed E-state index contributed by atoms with van der Waals surface area (Å²) in [7, 11) is 0. The van der Waals surface area contributed by atoms with Gasteiger partial charge in [0, 0.05) is 17.3 Å². The van der Waals surface area contributed by atoms with Crippen LogP contribution in [0.4, 0.5) is 17.6 Å². The third-order valence-corrected chi connectivity index (χ3v) is 5.44. The van der Waals surface area contributed by atoms with Gasteiger partial charge in [-0.25, -0.2) is 9.37 Å². The Morgan fingerprint density at radius 3 is 2.62 bits per heavy atom. The van der Waals surface area contributed by atoms with Gasteiger partial charge in [0.1, 0.15) is 5.82 Å². The van der Waals surface area contributed by atoms with E-state index in [1.165, 1.54) is 35.1 Å². The number of aromatic amines is 1. The van der Waals surface area contributed by atoms with E-state index in [0.717, 1.165) is 11.1 Å². The van der Waals surface area contributed by atoms with E-state index in [2.05, 4.69) is 20.2 Å². The zero-order valence-corrected chi connectivity index (χ0v) is 17.1. The minimum Gasteiger partial charge on any atom is -0.295 e. The van der Waals surface area contributed by atoms with E-state index < -0.39 is 17.7 Å². The highest BCUT2D eigenvalue weighted by atomic mass is 19.4. The number of hydrogen-bond donors (Lipinski definition) is 1. The lowest BCUT2D eigenvalue weighted by Gasteiger charge is -2.11. The number of rotatable bonds is 3. The summed E-state index contributed by atoms with van der Waals surface area (Å²) in [5.74, 6) is -0.529. The van der Waals surface area contributed by atoms with Crippen molar-refractivity contribution in [2.24, 2.45) is 0 Å². The topological polar surface area (TPSA) is 58.9 Å². The number of hydrogen-bond acceptors (Lipinski definition) is 3. The van der Waals surface area contributed by atoms with Gasteiger partial charge in [-0.05, 0) is 29.7 Å². The molecule has 0 bridgehead atoms. The Hall–Kier alpha value is -3.75.